The van der Waals surface area contributed by atoms with Gasteiger partial charge in [-0.1, -0.05) is 19.8 Å². The topological polar surface area (TPSA) is 50.9 Å². The molecular formula is C15H20BrN3. The van der Waals surface area contributed by atoms with Crippen LogP contribution < -0.4 is 11.1 Å². The van der Waals surface area contributed by atoms with Crippen molar-refractivity contribution >= 4 is 38.2 Å². The lowest BCUT2D eigenvalue weighted by Crippen LogP contribution is -2.15. The standard InChI is InChI=1S/C15H20BrN3/c1-3-4-5-10(2)19-14-7-6-13(17)12-8-11(16)9-18-15(12)14/h6-10,19H,3-5,17H2,1-2H3. The Bertz CT molecular complexity index is 569. The van der Waals surface area contributed by atoms with Crippen LogP contribution in [0, 0.1) is 0 Å². The molecule has 0 fully saturated rings. The fraction of sp³-hybridized carbons (Fsp3) is 0.400. The molecule has 1 heterocycles. The zero-order valence-corrected chi connectivity index (χ0v) is 13.0. The molecule has 0 radical (unpaired) electrons. The van der Waals surface area contributed by atoms with Gasteiger partial charge in [0, 0.05) is 27.8 Å². The summed E-state index contributed by atoms with van der Waals surface area (Å²) in [7, 11) is 0. The van der Waals surface area contributed by atoms with E-state index in [0.29, 0.717) is 6.04 Å². The highest BCUT2D eigenvalue weighted by molar-refractivity contribution is 9.10. The van der Waals surface area contributed by atoms with Gasteiger partial charge in [0.2, 0.25) is 0 Å². The van der Waals surface area contributed by atoms with Crippen molar-refractivity contribution in [1.29, 1.82) is 0 Å². The molecule has 1 aromatic heterocycles. The number of aromatic nitrogens is 1. The second-order valence-electron chi connectivity index (χ2n) is 4.94. The van der Waals surface area contributed by atoms with Gasteiger partial charge in [-0.15, -0.1) is 0 Å². The van der Waals surface area contributed by atoms with Gasteiger partial charge in [-0.3, -0.25) is 4.98 Å². The summed E-state index contributed by atoms with van der Waals surface area (Å²) in [6.45, 7) is 4.42. The van der Waals surface area contributed by atoms with E-state index in [-0.39, 0.29) is 0 Å². The Kier molecular flexibility index (Phi) is 4.64. The first-order chi connectivity index (χ1) is 9.11. The van der Waals surface area contributed by atoms with Gasteiger partial charge < -0.3 is 11.1 Å². The molecule has 0 amide bonds. The molecule has 0 saturated heterocycles. The minimum absolute atomic E-state index is 0.442. The quantitative estimate of drug-likeness (QED) is 0.793. The molecule has 4 heteroatoms. The summed E-state index contributed by atoms with van der Waals surface area (Å²) in [5.74, 6) is 0. The van der Waals surface area contributed by atoms with Gasteiger partial charge in [-0.2, -0.15) is 0 Å². The molecule has 2 aromatic rings. The third-order valence-electron chi connectivity index (χ3n) is 3.24. The number of hydrogen-bond acceptors (Lipinski definition) is 3. The van der Waals surface area contributed by atoms with E-state index in [1.807, 2.05) is 24.4 Å². The minimum atomic E-state index is 0.442. The van der Waals surface area contributed by atoms with Gasteiger partial charge >= 0.3 is 0 Å². The monoisotopic (exact) mass is 321 g/mol. The molecule has 102 valence electrons. The summed E-state index contributed by atoms with van der Waals surface area (Å²) in [5, 5.41) is 4.52. The summed E-state index contributed by atoms with van der Waals surface area (Å²) in [5.41, 5.74) is 8.77. The van der Waals surface area contributed by atoms with Crippen molar-refractivity contribution in [2.75, 3.05) is 11.1 Å². The molecule has 1 atom stereocenters. The van der Waals surface area contributed by atoms with E-state index in [4.69, 9.17) is 5.73 Å². The Morgan fingerprint density at radius 2 is 2.21 bits per heavy atom. The number of pyridine rings is 1. The van der Waals surface area contributed by atoms with E-state index in [1.165, 1.54) is 19.3 Å². The van der Waals surface area contributed by atoms with Crippen molar-refractivity contribution < 1.29 is 0 Å². The van der Waals surface area contributed by atoms with Crippen molar-refractivity contribution in [3.05, 3.63) is 28.9 Å². The predicted octanol–water partition coefficient (Wildman–Crippen LogP) is 4.57. The minimum Gasteiger partial charge on any atom is -0.398 e. The normalized spacial score (nSPS) is 12.6. The number of nitrogens with two attached hydrogens (primary N) is 1. The maximum Gasteiger partial charge on any atom is 0.0954 e. The number of nitrogen functional groups attached to an aromatic ring is 1. The van der Waals surface area contributed by atoms with E-state index in [0.717, 1.165) is 26.8 Å². The highest BCUT2D eigenvalue weighted by Crippen LogP contribution is 2.29. The van der Waals surface area contributed by atoms with Crippen LogP contribution in [0.25, 0.3) is 10.9 Å². The number of unbranched alkanes of at least 4 members (excludes halogenated alkanes) is 1. The molecule has 0 saturated carbocycles. The molecule has 0 aliphatic rings. The molecule has 1 unspecified atom stereocenters. The smallest absolute Gasteiger partial charge is 0.0954 e. The van der Waals surface area contributed by atoms with Gasteiger partial charge in [0.1, 0.15) is 0 Å². The molecule has 19 heavy (non-hydrogen) atoms. The van der Waals surface area contributed by atoms with Crippen molar-refractivity contribution in [1.82, 2.24) is 4.98 Å². The third kappa shape index (κ3) is 3.38. The molecule has 0 bridgehead atoms. The lowest BCUT2D eigenvalue weighted by atomic mass is 10.1. The molecule has 0 aliphatic heterocycles. The number of anilines is 2. The van der Waals surface area contributed by atoms with Crippen LogP contribution in [0.1, 0.15) is 33.1 Å². The fourth-order valence-electron chi connectivity index (χ4n) is 2.18. The Balaban J connectivity index is 2.31. The number of nitrogens with zero attached hydrogens (tertiary/aromatic N) is 1. The molecule has 3 nitrogen and oxygen atoms in total. The van der Waals surface area contributed by atoms with Crippen molar-refractivity contribution in [2.45, 2.75) is 39.2 Å². The Morgan fingerprint density at radius 1 is 1.42 bits per heavy atom. The molecule has 1 aromatic carbocycles. The second kappa shape index (κ2) is 6.24. The summed E-state index contributed by atoms with van der Waals surface area (Å²) >= 11 is 3.44. The average molecular weight is 322 g/mol. The predicted molar refractivity (Wildman–Crippen MR) is 86.5 cm³/mol. The van der Waals surface area contributed by atoms with Crippen LogP contribution in [0.3, 0.4) is 0 Å². The maximum atomic E-state index is 6.02. The van der Waals surface area contributed by atoms with Crippen LogP contribution in [-0.4, -0.2) is 11.0 Å². The Morgan fingerprint density at radius 3 is 2.95 bits per heavy atom. The number of rotatable bonds is 5. The van der Waals surface area contributed by atoms with E-state index in [1.54, 1.807) is 0 Å². The maximum absolute atomic E-state index is 6.02. The molecule has 3 N–H and O–H groups in total. The summed E-state index contributed by atoms with van der Waals surface area (Å²) in [6.07, 6.45) is 5.43. The zero-order chi connectivity index (χ0) is 13.8. The van der Waals surface area contributed by atoms with Gasteiger partial charge in [-0.05, 0) is 47.5 Å². The van der Waals surface area contributed by atoms with E-state index in [2.05, 4.69) is 40.1 Å². The van der Waals surface area contributed by atoms with Crippen LogP contribution in [0.15, 0.2) is 28.9 Å². The lowest BCUT2D eigenvalue weighted by Gasteiger charge is -2.17. The summed E-state index contributed by atoms with van der Waals surface area (Å²) < 4.78 is 0.947. The highest BCUT2D eigenvalue weighted by Gasteiger charge is 2.08. The van der Waals surface area contributed by atoms with E-state index in [9.17, 15) is 0 Å². The van der Waals surface area contributed by atoms with Gasteiger partial charge in [-0.25, -0.2) is 0 Å². The van der Waals surface area contributed by atoms with Crippen LogP contribution in [0.2, 0.25) is 0 Å². The largest absolute Gasteiger partial charge is 0.398 e. The van der Waals surface area contributed by atoms with E-state index < -0.39 is 0 Å². The SMILES string of the molecule is CCCCC(C)Nc1ccc(N)c2cc(Br)cnc12. The number of hydrogen-bond donors (Lipinski definition) is 2. The molecular weight excluding hydrogens is 302 g/mol. The first kappa shape index (κ1) is 14.1. The Labute approximate surface area is 122 Å². The number of benzene rings is 1. The summed E-state index contributed by atoms with van der Waals surface area (Å²) in [4.78, 5) is 4.49. The number of halogens is 1. The first-order valence-electron chi connectivity index (χ1n) is 6.72. The van der Waals surface area contributed by atoms with Gasteiger partial charge in [0.15, 0.2) is 0 Å². The summed E-state index contributed by atoms with van der Waals surface area (Å²) in [6, 6.07) is 6.41. The van der Waals surface area contributed by atoms with Crippen LogP contribution >= 0.6 is 15.9 Å². The average Bonchev–Trinajstić information content (AvgIpc) is 2.40. The van der Waals surface area contributed by atoms with Crippen molar-refractivity contribution in [3.63, 3.8) is 0 Å². The molecule has 0 aliphatic carbocycles. The number of nitrogens with one attached hydrogen (secondary N) is 1. The second-order valence-corrected chi connectivity index (χ2v) is 5.86. The fourth-order valence-corrected chi connectivity index (χ4v) is 2.51. The zero-order valence-electron chi connectivity index (χ0n) is 11.4. The van der Waals surface area contributed by atoms with Gasteiger partial charge in [0.05, 0.1) is 11.2 Å². The first-order valence-corrected chi connectivity index (χ1v) is 7.51. The Hall–Kier alpha value is -1.29. The van der Waals surface area contributed by atoms with Crippen molar-refractivity contribution in [2.24, 2.45) is 0 Å². The van der Waals surface area contributed by atoms with Crippen LogP contribution in [-0.2, 0) is 0 Å². The van der Waals surface area contributed by atoms with Gasteiger partial charge in [0.25, 0.3) is 0 Å². The third-order valence-corrected chi connectivity index (χ3v) is 3.68. The number of fused-ring (bicyclic) bond motifs is 1. The van der Waals surface area contributed by atoms with Crippen LogP contribution in [0.4, 0.5) is 11.4 Å². The van der Waals surface area contributed by atoms with Crippen molar-refractivity contribution in [3.8, 4) is 0 Å². The van der Waals surface area contributed by atoms with Crippen LogP contribution in [0.5, 0.6) is 0 Å². The van der Waals surface area contributed by atoms with E-state index >= 15 is 0 Å². The molecule has 0 spiro atoms. The highest BCUT2D eigenvalue weighted by atomic mass is 79.9. The lowest BCUT2D eigenvalue weighted by molar-refractivity contribution is 0.645. The molecule has 2 rings (SSSR count).